The first-order valence-corrected chi connectivity index (χ1v) is 8.80. The van der Waals surface area contributed by atoms with Crippen LogP contribution in [0.3, 0.4) is 0 Å². The number of amides is 2. The molecule has 1 aromatic carbocycles. The fourth-order valence-corrected chi connectivity index (χ4v) is 2.86. The smallest absolute Gasteiger partial charge is 0.337 e. The maximum atomic E-state index is 12.8. The molecular formula is C19H21N5O4. The lowest BCUT2D eigenvalue weighted by atomic mass is 10.2. The molecule has 28 heavy (non-hydrogen) atoms. The molecule has 1 aromatic heterocycles. The monoisotopic (exact) mass is 383 g/mol. The molecular weight excluding hydrogens is 362 g/mol. The molecule has 1 saturated heterocycles. The van der Waals surface area contributed by atoms with E-state index >= 15 is 0 Å². The van der Waals surface area contributed by atoms with Crippen molar-refractivity contribution in [2.24, 2.45) is 0 Å². The van der Waals surface area contributed by atoms with Gasteiger partial charge in [-0.15, -0.1) is 0 Å². The van der Waals surface area contributed by atoms with Gasteiger partial charge in [0, 0.05) is 37.6 Å². The predicted molar refractivity (Wildman–Crippen MR) is 101 cm³/mol. The van der Waals surface area contributed by atoms with Crippen LogP contribution in [0.4, 0.5) is 11.6 Å². The van der Waals surface area contributed by atoms with Gasteiger partial charge in [0.2, 0.25) is 12.4 Å². The quantitative estimate of drug-likeness (QED) is 0.611. The Morgan fingerprint density at radius 1 is 1.11 bits per heavy atom. The van der Waals surface area contributed by atoms with Crippen molar-refractivity contribution >= 4 is 29.9 Å². The average Bonchev–Trinajstić information content (AvgIpc) is 2.73. The molecule has 0 atom stereocenters. The number of esters is 1. The molecule has 1 fully saturated rings. The number of rotatable bonds is 5. The number of methoxy groups -OCH3 is 1. The van der Waals surface area contributed by atoms with Crippen LogP contribution in [0.25, 0.3) is 0 Å². The van der Waals surface area contributed by atoms with Gasteiger partial charge in [0.15, 0.2) is 0 Å². The number of nitrogens with one attached hydrogen (secondary N) is 1. The summed E-state index contributed by atoms with van der Waals surface area (Å²) in [5, 5.41) is 3.04. The number of piperazine rings is 1. The Labute approximate surface area is 162 Å². The number of ether oxygens (including phenoxy) is 1. The van der Waals surface area contributed by atoms with Crippen LogP contribution in [0.15, 0.2) is 30.3 Å². The van der Waals surface area contributed by atoms with Gasteiger partial charge in [-0.1, -0.05) is 0 Å². The zero-order valence-corrected chi connectivity index (χ0v) is 15.7. The fourth-order valence-electron chi connectivity index (χ4n) is 2.86. The van der Waals surface area contributed by atoms with E-state index in [9.17, 15) is 14.4 Å². The van der Waals surface area contributed by atoms with Crippen LogP contribution in [0.2, 0.25) is 0 Å². The molecule has 1 N–H and O–H groups in total. The van der Waals surface area contributed by atoms with E-state index in [2.05, 4.69) is 20.0 Å². The number of carbonyl (C=O) groups excluding carboxylic acids is 3. The highest BCUT2D eigenvalue weighted by Crippen LogP contribution is 2.16. The summed E-state index contributed by atoms with van der Waals surface area (Å²) in [5.74, 6) is -0.318. The third-order valence-electron chi connectivity index (χ3n) is 4.39. The van der Waals surface area contributed by atoms with Crippen LogP contribution in [-0.4, -0.2) is 71.3 Å². The van der Waals surface area contributed by atoms with E-state index in [-0.39, 0.29) is 5.91 Å². The molecule has 2 heterocycles. The molecule has 2 aromatic rings. The van der Waals surface area contributed by atoms with Crippen LogP contribution in [0.5, 0.6) is 0 Å². The van der Waals surface area contributed by atoms with E-state index in [4.69, 9.17) is 0 Å². The molecule has 0 unspecified atom stereocenters. The number of aromatic nitrogens is 2. The SMILES string of the molecule is COC(=O)c1ccc(Nc2nc(C)cc(C(=O)N3CCN(C=O)CC3)n2)cc1. The van der Waals surface area contributed by atoms with Crippen LogP contribution in [0, 0.1) is 6.92 Å². The minimum absolute atomic E-state index is 0.194. The predicted octanol–water partition coefficient (Wildman–Crippen LogP) is 1.23. The van der Waals surface area contributed by atoms with Gasteiger partial charge in [-0.2, -0.15) is 0 Å². The minimum atomic E-state index is -0.416. The topological polar surface area (TPSA) is 105 Å². The van der Waals surface area contributed by atoms with Gasteiger partial charge in [0.25, 0.3) is 5.91 Å². The summed E-state index contributed by atoms with van der Waals surface area (Å²) >= 11 is 0. The first-order valence-electron chi connectivity index (χ1n) is 8.80. The standard InChI is InChI=1S/C19H21N5O4/c1-13-11-16(17(26)24-9-7-23(12-25)8-10-24)22-19(20-13)21-15-5-3-14(4-6-15)18(27)28-2/h3-6,11-12H,7-10H2,1-2H3,(H,20,21,22). The summed E-state index contributed by atoms with van der Waals surface area (Å²) in [6.07, 6.45) is 0.796. The number of aryl methyl sites for hydroxylation is 1. The van der Waals surface area contributed by atoms with Crippen molar-refractivity contribution in [2.75, 3.05) is 38.6 Å². The molecule has 0 bridgehead atoms. The van der Waals surface area contributed by atoms with E-state index in [1.807, 2.05) is 0 Å². The summed E-state index contributed by atoms with van der Waals surface area (Å²) in [4.78, 5) is 47.0. The Hall–Kier alpha value is -3.49. The van der Waals surface area contributed by atoms with Crippen molar-refractivity contribution < 1.29 is 19.1 Å². The van der Waals surface area contributed by atoms with E-state index < -0.39 is 5.97 Å². The van der Waals surface area contributed by atoms with Crippen LogP contribution < -0.4 is 5.32 Å². The van der Waals surface area contributed by atoms with E-state index in [0.717, 1.165) is 6.41 Å². The highest BCUT2D eigenvalue weighted by atomic mass is 16.5. The van der Waals surface area contributed by atoms with Crippen LogP contribution in [-0.2, 0) is 9.53 Å². The molecule has 0 spiro atoms. The zero-order chi connectivity index (χ0) is 20.1. The number of anilines is 2. The summed E-state index contributed by atoms with van der Waals surface area (Å²) in [6.45, 7) is 3.75. The molecule has 1 aliphatic rings. The van der Waals surface area contributed by atoms with Crippen molar-refractivity contribution in [1.29, 1.82) is 0 Å². The van der Waals surface area contributed by atoms with Crippen molar-refractivity contribution in [2.45, 2.75) is 6.92 Å². The molecule has 0 saturated carbocycles. The summed E-state index contributed by atoms with van der Waals surface area (Å²) in [5.41, 5.74) is 2.05. The second-order valence-corrected chi connectivity index (χ2v) is 6.35. The largest absolute Gasteiger partial charge is 0.465 e. The van der Waals surface area contributed by atoms with E-state index in [0.29, 0.717) is 54.8 Å². The molecule has 0 aliphatic carbocycles. The van der Waals surface area contributed by atoms with E-state index in [1.165, 1.54) is 7.11 Å². The van der Waals surface area contributed by atoms with Gasteiger partial charge in [-0.3, -0.25) is 9.59 Å². The Bertz CT molecular complexity index is 876. The second kappa shape index (κ2) is 8.47. The summed E-state index contributed by atoms with van der Waals surface area (Å²) in [7, 11) is 1.33. The van der Waals surface area contributed by atoms with Crippen LogP contribution in [0.1, 0.15) is 26.5 Å². The zero-order valence-electron chi connectivity index (χ0n) is 15.7. The number of nitrogens with zero attached hydrogens (tertiary/aromatic N) is 4. The molecule has 1 aliphatic heterocycles. The summed E-state index contributed by atoms with van der Waals surface area (Å²) < 4.78 is 4.68. The van der Waals surface area contributed by atoms with Crippen molar-refractivity contribution in [1.82, 2.24) is 19.8 Å². The molecule has 146 valence electrons. The maximum Gasteiger partial charge on any atom is 0.337 e. The fraction of sp³-hybridized carbons (Fsp3) is 0.316. The highest BCUT2D eigenvalue weighted by molar-refractivity contribution is 5.93. The lowest BCUT2D eigenvalue weighted by molar-refractivity contribution is -0.119. The van der Waals surface area contributed by atoms with Crippen molar-refractivity contribution in [3.05, 3.63) is 47.3 Å². The molecule has 9 heteroatoms. The van der Waals surface area contributed by atoms with Crippen LogP contribution >= 0.6 is 0 Å². The Balaban J connectivity index is 1.73. The third-order valence-corrected chi connectivity index (χ3v) is 4.39. The first-order chi connectivity index (χ1) is 13.5. The first kappa shape index (κ1) is 19.3. The van der Waals surface area contributed by atoms with Gasteiger partial charge in [-0.05, 0) is 37.3 Å². The number of carbonyl (C=O) groups is 3. The third kappa shape index (κ3) is 4.43. The Kier molecular flexibility index (Phi) is 5.83. The number of benzene rings is 1. The molecule has 3 rings (SSSR count). The van der Waals surface area contributed by atoms with Crippen molar-refractivity contribution in [3.63, 3.8) is 0 Å². The molecule has 0 radical (unpaired) electrons. The second-order valence-electron chi connectivity index (χ2n) is 6.35. The molecule has 9 nitrogen and oxygen atoms in total. The normalized spacial score (nSPS) is 13.8. The maximum absolute atomic E-state index is 12.8. The molecule has 2 amide bonds. The Morgan fingerprint density at radius 3 is 2.39 bits per heavy atom. The Morgan fingerprint density at radius 2 is 1.79 bits per heavy atom. The highest BCUT2D eigenvalue weighted by Gasteiger charge is 2.23. The van der Waals surface area contributed by atoms with Gasteiger partial charge in [0.1, 0.15) is 5.69 Å². The minimum Gasteiger partial charge on any atom is -0.465 e. The number of hydrogen-bond donors (Lipinski definition) is 1. The van der Waals surface area contributed by atoms with Gasteiger partial charge in [-0.25, -0.2) is 14.8 Å². The van der Waals surface area contributed by atoms with Gasteiger partial charge >= 0.3 is 5.97 Å². The average molecular weight is 383 g/mol. The van der Waals surface area contributed by atoms with E-state index in [1.54, 1.807) is 47.1 Å². The van der Waals surface area contributed by atoms with Gasteiger partial charge in [0.05, 0.1) is 12.7 Å². The van der Waals surface area contributed by atoms with Crippen molar-refractivity contribution in [3.8, 4) is 0 Å². The lowest BCUT2D eigenvalue weighted by Crippen LogP contribution is -2.48. The lowest BCUT2D eigenvalue weighted by Gasteiger charge is -2.32. The van der Waals surface area contributed by atoms with Gasteiger partial charge < -0.3 is 19.9 Å². The summed E-state index contributed by atoms with van der Waals surface area (Å²) in [6, 6.07) is 8.31. The number of hydrogen-bond acceptors (Lipinski definition) is 7.